The molecule has 0 unspecified atom stereocenters. The Morgan fingerprint density at radius 2 is 2.08 bits per heavy atom. The van der Waals surface area contributed by atoms with E-state index < -0.39 is 0 Å². The number of carbonyl (C=O) groups is 1. The summed E-state index contributed by atoms with van der Waals surface area (Å²) in [5.74, 6) is 1.01. The van der Waals surface area contributed by atoms with Crippen LogP contribution in [-0.2, 0) is 17.8 Å². The molecule has 0 fully saturated rings. The zero-order valence-corrected chi connectivity index (χ0v) is 14.7. The van der Waals surface area contributed by atoms with Crippen LogP contribution in [0.15, 0.2) is 45.6 Å². The van der Waals surface area contributed by atoms with Crippen molar-refractivity contribution >= 4 is 28.8 Å². The topological polar surface area (TPSA) is 59.2 Å². The number of benzene rings is 1. The first-order valence-corrected chi connectivity index (χ1v) is 8.77. The fourth-order valence-electron chi connectivity index (χ4n) is 2.22. The molecule has 0 aliphatic rings. The van der Waals surface area contributed by atoms with Gasteiger partial charge in [0.15, 0.2) is 0 Å². The van der Waals surface area contributed by atoms with Gasteiger partial charge < -0.3 is 9.42 Å². The molecule has 0 radical (unpaired) electrons. The number of rotatable bonds is 6. The third-order valence-corrected chi connectivity index (χ3v) is 4.53. The minimum absolute atomic E-state index is 0.0486. The van der Waals surface area contributed by atoms with Crippen molar-refractivity contribution in [2.24, 2.45) is 0 Å². The van der Waals surface area contributed by atoms with Gasteiger partial charge in [0.05, 0.1) is 0 Å². The first-order chi connectivity index (χ1) is 11.6. The largest absolute Gasteiger partial charge is 0.341 e. The van der Waals surface area contributed by atoms with Gasteiger partial charge in [-0.15, -0.1) is 0 Å². The molecule has 24 heavy (non-hydrogen) atoms. The van der Waals surface area contributed by atoms with E-state index in [1.807, 2.05) is 29.0 Å². The molecule has 2 heterocycles. The Labute approximate surface area is 148 Å². The van der Waals surface area contributed by atoms with Gasteiger partial charge >= 0.3 is 0 Å². The zero-order valence-electron chi connectivity index (χ0n) is 13.1. The van der Waals surface area contributed by atoms with E-state index in [-0.39, 0.29) is 5.91 Å². The predicted octanol–water partition coefficient (Wildman–Crippen LogP) is 4.04. The van der Waals surface area contributed by atoms with E-state index in [9.17, 15) is 4.79 Å². The van der Waals surface area contributed by atoms with Gasteiger partial charge in [-0.25, -0.2) is 0 Å². The molecule has 124 valence electrons. The Morgan fingerprint density at radius 1 is 1.29 bits per heavy atom. The molecular formula is C17H16ClN3O2S. The molecule has 7 heteroatoms. The Hall–Kier alpha value is -2.18. The second kappa shape index (κ2) is 7.59. The van der Waals surface area contributed by atoms with Crippen molar-refractivity contribution < 1.29 is 9.32 Å². The summed E-state index contributed by atoms with van der Waals surface area (Å²) >= 11 is 7.49. The van der Waals surface area contributed by atoms with Crippen LogP contribution < -0.4 is 0 Å². The molecule has 0 spiro atoms. The Balaban J connectivity index is 1.55. The maximum Gasteiger partial charge on any atom is 0.227 e. The third kappa shape index (κ3) is 4.21. The lowest BCUT2D eigenvalue weighted by atomic mass is 10.2. The predicted molar refractivity (Wildman–Crippen MR) is 93.9 cm³/mol. The van der Waals surface area contributed by atoms with Crippen molar-refractivity contribution in [1.29, 1.82) is 0 Å². The molecule has 2 aromatic heterocycles. The van der Waals surface area contributed by atoms with Crippen molar-refractivity contribution in [3.8, 4) is 11.4 Å². The number of hydrogen-bond donors (Lipinski definition) is 0. The van der Waals surface area contributed by atoms with E-state index in [4.69, 9.17) is 16.1 Å². The Bertz CT molecular complexity index is 800. The summed E-state index contributed by atoms with van der Waals surface area (Å²) in [7, 11) is 1.80. The average molecular weight is 362 g/mol. The van der Waals surface area contributed by atoms with Gasteiger partial charge in [0.2, 0.25) is 17.6 Å². The van der Waals surface area contributed by atoms with Gasteiger partial charge in [0.1, 0.15) is 0 Å². The van der Waals surface area contributed by atoms with Crippen molar-refractivity contribution in [2.45, 2.75) is 19.4 Å². The molecule has 1 amide bonds. The van der Waals surface area contributed by atoms with Crippen molar-refractivity contribution in [1.82, 2.24) is 15.0 Å². The monoisotopic (exact) mass is 361 g/mol. The van der Waals surface area contributed by atoms with Crippen LogP contribution in [0.2, 0.25) is 5.02 Å². The van der Waals surface area contributed by atoms with Gasteiger partial charge in [0.25, 0.3) is 0 Å². The molecule has 0 saturated heterocycles. The molecule has 1 aromatic carbocycles. The second-order valence-corrected chi connectivity index (χ2v) is 6.62. The summed E-state index contributed by atoms with van der Waals surface area (Å²) in [5, 5.41) is 8.65. The number of amides is 1. The van der Waals surface area contributed by atoms with Gasteiger partial charge in [-0.1, -0.05) is 16.8 Å². The fraction of sp³-hybridized carbons (Fsp3) is 0.235. The summed E-state index contributed by atoms with van der Waals surface area (Å²) in [6.07, 6.45) is 0.760. The Kier molecular flexibility index (Phi) is 5.27. The first kappa shape index (κ1) is 16.7. The molecule has 0 aliphatic carbocycles. The van der Waals surface area contributed by atoms with Gasteiger partial charge in [-0.05, 0) is 46.7 Å². The smallest absolute Gasteiger partial charge is 0.227 e. The first-order valence-electron chi connectivity index (χ1n) is 7.45. The van der Waals surface area contributed by atoms with Crippen molar-refractivity contribution in [3.05, 3.63) is 57.6 Å². The van der Waals surface area contributed by atoms with Crippen LogP contribution in [0.3, 0.4) is 0 Å². The van der Waals surface area contributed by atoms with Gasteiger partial charge in [-0.3, -0.25) is 4.79 Å². The van der Waals surface area contributed by atoms with Crippen LogP contribution >= 0.6 is 22.9 Å². The standard InChI is InChI=1S/C17H16ClN3O2S/c1-21(10-12-8-9-24-11-12)16(22)7-6-15-19-17(20-23-15)13-2-4-14(18)5-3-13/h2-5,8-9,11H,6-7,10H2,1H3. The van der Waals surface area contributed by atoms with Crippen LogP contribution in [0.4, 0.5) is 0 Å². The highest BCUT2D eigenvalue weighted by Gasteiger charge is 2.13. The van der Waals surface area contributed by atoms with Gasteiger partial charge in [0, 0.05) is 37.0 Å². The average Bonchev–Trinajstić information content (AvgIpc) is 3.25. The number of hydrogen-bond acceptors (Lipinski definition) is 5. The lowest BCUT2D eigenvalue weighted by molar-refractivity contribution is -0.130. The van der Waals surface area contributed by atoms with Crippen molar-refractivity contribution in [3.63, 3.8) is 0 Å². The van der Waals surface area contributed by atoms with Crippen LogP contribution in [0.25, 0.3) is 11.4 Å². The summed E-state index contributed by atoms with van der Waals surface area (Å²) in [4.78, 5) is 18.2. The molecule has 3 aromatic rings. The minimum Gasteiger partial charge on any atom is -0.341 e. The minimum atomic E-state index is 0.0486. The van der Waals surface area contributed by atoms with E-state index in [0.29, 0.717) is 36.1 Å². The zero-order chi connectivity index (χ0) is 16.9. The summed E-state index contributed by atoms with van der Waals surface area (Å²) in [5.41, 5.74) is 1.97. The van der Waals surface area contributed by atoms with E-state index >= 15 is 0 Å². The maximum atomic E-state index is 12.2. The van der Waals surface area contributed by atoms with E-state index in [1.165, 1.54) is 0 Å². The third-order valence-electron chi connectivity index (χ3n) is 3.55. The number of aryl methyl sites for hydroxylation is 1. The number of aromatic nitrogens is 2. The number of carbonyl (C=O) groups excluding carboxylic acids is 1. The number of halogens is 1. The molecule has 0 bridgehead atoms. The van der Waals surface area contributed by atoms with E-state index in [1.54, 1.807) is 35.4 Å². The molecule has 3 rings (SSSR count). The SMILES string of the molecule is CN(Cc1ccsc1)C(=O)CCc1nc(-c2ccc(Cl)cc2)no1. The molecular weight excluding hydrogens is 346 g/mol. The highest BCUT2D eigenvalue weighted by Crippen LogP contribution is 2.19. The quantitative estimate of drug-likeness (QED) is 0.664. The normalized spacial score (nSPS) is 10.8. The highest BCUT2D eigenvalue weighted by atomic mass is 35.5. The molecule has 5 nitrogen and oxygen atoms in total. The number of nitrogens with zero attached hydrogens (tertiary/aromatic N) is 3. The van der Waals surface area contributed by atoms with Crippen LogP contribution in [0.5, 0.6) is 0 Å². The molecule has 0 saturated carbocycles. The summed E-state index contributed by atoms with van der Waals surface area (Å²) in [6.45, 7) is 0.613. The van der Waals surface area contributed by atoms with Crippen LogP contribution in [-0.4, -0.2) is 28.0 Å². The van der Waals surface area contributed by atoms with E-state index in [2.05, 4.69) is 10.1 Å². The highest BCUT2D eigenvalue weighted by molar-refractivity contribution is 7.07. The summed E-state index contributed by atoms with van der Waals surface area (Å²) in [6, 6.07) is 9.23. The summed E-state index contributed by atoms with van der Waals surface area (Å²) < 4.78 is 5.22. The molecule has 0 N–H and O–H groups in total. The lowest BCUT2D eigenvalue weighted by Crippen LogP contribution is -2.26. The van der Waals surface area contributed by atoms with Crippen molar-refractivity contribution in [2.75, 3.05) is 7.05 Å². The number of thiophene rings is 1. The maximum absolute atomic E-state index is 12.2. The molecule has 0 atom stereocenters. The van der Waals surface area contributed by atoms with Gasteiger partial charge in [-0.2, -0.15) is 16.3 Å². The van der Waals surface area contributed by atoms with Crippen LogP contribution in [0.1, 0.15) is 17.9 Å². The second-order valence-electron chi connectivity index (χ2n) is 5.40. The van der Waals surface area contributed by atoms with Crippen LogP contribution in [0, 0.1) is 0 Å². The Morgan fingerprint density at radius 3 is 2.79 bits per heavy atom. The lowest BCUT2D eigenvalue weighted by Gasteiger charge is -2.15. The van der Waals surface area contributed by atoms with E-state index in [0.717, 1.165) is 11.1 Å². The molecule has 0 aliphatic heterocycles. The fourth-order valence-corrected chi connectivity index (χ4v) is 3.01.